The topological polar surface area (TPSA) is 48.0 Å². The van der Waals surface area contributed by atoms with Gasteiger partial charge in [0.1, 0.15) is 0 Å². The second-order valence-electron chi connectivity index (χ2n) is 5.18. The van der Waals surface area contributed by atoms with E-state index in [-0.39, 0.29) is 13.1 Å². The molecule has 0 bridgehead atoms. The highest BCUT2D eigenvalue weighted by Crippen LogP contribution is 2.38. The summed E-state index contributed by atoms with van der Waals surface area (Å²) in [6, 6.07) is 2.99. The van der Waals surface area contributed by atoms with Crippen molar-refractivity contribution in [2.45, 2.75) is 31.5 Å². The SMILES string of the molecule is COc1cc2c(cc1OC)CN(C(=O)OC(C(F)(F)F)C(F)(F)F)C2. The van der Waals surface area contributed by atoms with Gasteiger partial charge in [-0.3, -0.25) is 4.90 Å². The normalized spacial score (nSPS) is 14.5. The van der Waals surface area contributed by atoms with Gasteiger partial charge in [0.05, 0.1) is 14.2 Å². The fourth-order valence-corrected chi connectivity index (χ4v) is 2.35. The molecule has 1 aliphatic heterocycles. The molecule has 0 saturated carbocycles. The minimum atomic E-state index is -5.76. The number of nitrogens with zero attached hydrogens (tertiary/aromatic N) is 1. The Balaban J connectivity index is 2.17. The number of alkyl halides is 6. The van der Waals surface area contributed by atoms with Crippen LogP contribution in [0.3, 0.4) is 0 Å². The lowest BCUT2D eigenvalue weighted by Crippen LogP contribution is -2.47. The zero-order chi connectivity index (χ0) is 19.0. The number of halogens is 6. The number of methoxy groups -OCH3 is 2. The van der Waals surface area contributed by atoms with Crippen molar-refractivity contribution in [2.24, 2.45) is 0 Å². The number of carbonyl (C=O) groups is 1. The van der Waals surface area contributed by atoms with Crippen LogP contribution in [0.15, 0.2) is 12.1 Å². The molecule has 1 heterocycles. The average Bonchev–Trinajstić information content (AvgIpc) is 2.91. The predicted molar refractivity (Wildman–Crippen MR) is 71.2 cm³/mol. The first-order chi connectivity index (χ1) is 11.5. The minimum Gasteiger partial charge on any atom is -0.493 e. The highest BCUT2D eigenvalue weighted by Gasteiger charge is 2.60. The summed E-state index contributed by atoms with van der Waals surface area (Å²) in [6.07, 6.45) is -17.4. The Bertz CT molecular complexity index is 611. The molecular weight excluding hydrogens is 360 g/mol. The summed E-state index contributed by atoms with van der Waals surface area (Å²) in [5, 5.41) is 0. The molecule has 0 aliphatic carbocycles. The van der Waals surface area contributed by atoms with Gasteiger partial charge in [-0.15, -0.1) is 0 Å². The van der Waals surface area contributed by atoms with Crippen molar-refractivity contribution in [3.05, 3.63) is 23.3 Å². The number of amides is 1. The molecule has 11 heteroatoms. The molecule has 1 aromatic carbocycles. The van der Waals surface area contributed by atoms with E-state index in [1.807, 2.05) is 0 Å². The molecule has 140 valence electrons. The summed E-state index contributed by atoms with van der Waals surface area (Å²) < 4.78 is 88.6. The van der Waals surface area contributed by atoms with Gasteiger partial charge in [-0.05, 0) is 23.3 Å². The van der Waals surface area contributed by atoms with E-state index in [0.717, 1.165) is 4.90 Å². The van der Waals surface area contributed by atoms with Crippen LogP contribution < -0.4 is 9.47 Å². The number of benzene rings is 1. The molecule has 0 atom stereocenters. The number of ether oxygens (including phenoxy) is 3. The van der Waals surface area contributed by atoms with Gasteiger partial charge in [0.2, 0.25) is 0 Å². The van der Waals surface area contributed by atoms with E-state index in [4.69, 9.17) is 9.47 Å². The van der Waals surface area contributed by atoms with Gasteiger partial charge in [-0.2, -0.15) is 26.3 Å². The molecule has 2 rings (SSSR count). The summed E-state index contributed by atoms with van der Waals surface area (Å²) in [6.45, 7) is -0.423. The van der Waals surface area contributed by atoms with E-state index < -0.39 is 24.5 Å². The second-order valence-corrected chi connectivity index (χ2v) is 5.18. The lowest BCUT2D eigenvalue weighted by molar-refractivity contribution is -0.308. The van der Waals surface area contributed by atoms with Crippen LogP contribution in [-0.2, 0) is 17.8 Å². The molecule has 0 saturated heterocycles. The Hall–Kier alpha value is -2.33. The lowest BCUT2D eigenvalue weighted by atomic mass is 10.1. The van der Waals surface area contributed by atoms with Gasteiger partial charge in [-0.25, -0.2) is 4.79 Å². The Kier molecular flexibility index (Phi) is 4.96. The molecular formula is C14H13F6NO4. The van der Waals surface area contributed by atoms with Crippen molar-refractivity contribution in [1.82, 2.24) is 4.90 Å². The van der Waals surface area contributed by atoms with Crippen molar-refractivity contribution >= 4 is 6.09 Å². The average molecular weight is 373 g/mol. The number of rotatable bonds is 3. The highest BCUT2D eigenvalue weighted by atomic mass is 19.4. The molecule has 0 aromatic heterocycles. The molecule has 5 nitrogen and oxygen atoms in total. The van der Waals surface area contributed by atoms with E-state index >= 15 is 0 Å². The van der Waals surface area contributed by atoms with Crippen LogP contribution >= 0.6 is 0 Å². The lowest BCUT2D eigenvalue weighted by Gasteiger charge is -2.25. The van der Waals surface area contributed by atoms with Gasteiger partial charge in [0, 0.05) is 13.1 Å². The molecule has 1 aliphatic rings. The van der Waals surface area contributed by atoms with Crippen LogP contribution in [0.4, 0.5) is 31.1 Å². The maximum atomic E-state index is 12.5. The van der Waals surface area contributed by atoms with Crippen molar-refractivity contribution in [3.63, 3.8) is 0 Å². The van der Waals surface area contributed by atoms with Crippen LogP contribution in [0.5, 0.6) is 11.5 Å². The van der Waals surface area contributed by atoms with Crippen molar-refractivity contribution in [1.29, 1.82) is 0 Å². The third-order valence-electron chi connectivity index (χ3n) is 3.50. The van der Waals surface area contributed by atoms with Crippen molar-refractivity contribution in [2.75, 3.05) is 14.2 Å². The quantitative estimate of drug-likeness (QED) is 0.759. The Morgan fingerprint density at radius 2 is 1.36 bits per heavy atom. The van der Waals surface area contributed by atoms with Gasteiger partial charge in [0.25, 0.3) is 6.10 Å². The number of hydrogen-bond acceptors (Lipinski definition) is 4. The first kappa shape index (κ1) is 19.0. The first-order valence-corrected chi connectivity index (χ1v) is 6.80. The van der Waals surface area contributed by atoms with E-state index in [1.54, 1.807) is 0 Å². The smallest absolute Gasteiger partial charge is 0.434 e. The fourth-order valence-electron chi connectivity index (χ4n) is 2.35. The Morgan fingerprint density at radius 3 is 1.68 bits per heavy atom. The Labute approximate surface area is 138 Å². The second kappa shape index (κ2) is 6.52. The largest absolute Gasteiger partial charge is 0.493 e. The van der Waals surface area contributed by atoms with Crippen LogP contribution in [0, 0.1) is 0 Å². The molecule has 1 aromatic rings. The molecule has 0 fully saturated rings. The van der Waals surface area contributed by atoms with Gasteiger partial charge in [0.15, 0.2) is 11.5 Å². The minimum absolute atomic E-state index is 0.211. The third-order valence-corrected chi connectivity index (χ3v) is 3.50. The molecule has 0 N–H and O–H groups in total. The molecule has 0 unspecified atom stereocenters. The van der Waals surface area contributed by atoms with Crippen molar-refractivity contribution in [3.8, 4) is 11.5 Å². The third kappa shape index (κ3) is 4.02. The van der Waals surface area contributed by atoms with Gasteiger partial charge < -0.3 is 14.2 Å². The van der Waals surface area contributed by atoms with E-state index in [0.29, 0.717) is 22.6 Å². The molecule has 25 heavy (non-hydrogen) atoms. The van der Waals surface area contributed by atoms with Crippen LogP contribution in [-0.4, -0.2) is 43.7 Å². The summed E-state index contributed by atoms with van der Waals surface area (Å²) in [4.78, 5) is 12.5. The molecule has 1 amide bonds. The number of carbonyl (C=O) groups excluding carboxylic acids is 1. The van der Waals surface area contributed by atoms with Crippen LogP contribution in [0.2, 0.25) is 0 Å². The number of fused-ring (bicyclic) bond motifs is 1. The van der Waals surface area contributed by atoms with Gasteiger partial charge in [-0.1, -0.05) is 0 Å². The standard InChI is InChI=1S/C14H13F6NO4/c1-23-9-3-7-5-21(6-8(7)4-10(9)24-2)12(22)25-11(13(15,16)17)14(18,19)20/h3-4,11H,5-6H2,1-2H3. The molecule has 0 radical (unpaired) electrons. The van der Waals surface area contributed by atoms with E-state index in [2.05, 4.69) is 4.74 Å². The first-order valence-electron chi connectivity index (χ1n) is 6.80. The summed E-state index contributed by atoms with van der Waals surface area (Å²) in [7, 11) is 2.73. The Morgan fingerprint density at radius 1 is 0.960 bits per heavy atom. The van der Waals surface area contributed by atoms with Crippen LogP contribution in [0.1, 0.15) is 11.1 Å². The highest BCUT2D eigenvalue weighted by molar-refractivity contribution is 5.69. The van der Waals surface area contributed by atoms with Crippen molar-refractivity contribution < 1.29 is 45.3 Å². The molecule has 0 spiro atoms. The summed E-state index contributed by atoms with van der Waals surface area (Å²) >= 11 is 0. The van der Waals surface area contributed by atoms with E-state index in [9.17, 15) is 31.1 Å². The summed E-state index contributed by atoms with van der Waals surface area (Å²) in [5.41, 5.74) is 1.01. The summed E-state index contributed by atoms with van der Waals surface area (Å²) in [5.74, 6) is 0.639. The fraction of sp³-hybridized carbons (Fsp3) is 0.500. The number of hydrogen-bond donors (Lipinski definition) is 0. The van der Waals surface area contributed by atoms with Gasteiger partial charge >= 0.3 is 18.4 Å². The zero-order valence-corrected chi connectivity index (χ0v) is 13.0. The van der Waals surface area contributed by atoms with E-state index in [1.165, 1.54) is 26.4 Å². The zero-order valence-electron chi connectivity index (χ0n) is 13.0. The predicted octanol–water partition coefficient (Wildman–Crippen LogP) is 3.65. The maximum Gasteiger partial charge on any atom is 0.434 e. The van der Waals surface area contributed by atoms with Crippen LogP contribution in [0.25, 0.3) is 0 Å². The maximum absolute atomic E-state index is 12.5. The monoisotopic (exact) mass is 373 g/mol.